The summed E-state index contributed by atoms with van der Waals surface area (Å²) >= 11 is 0. The van der Waals surface area contributed by atoms with E-state index >= 15 is 0 Å². The number of hydrogen-bond acceptors (Lipinski definition) is 5. The van der Waals surface area contributed by atoms with E-state index in [0.29, 0.717) is 24.3 Å². The van der Waals surface area contributed by atoms with E-state index in [1.807, 2.05) is 42.2 Å². The Kier molecular flexibility index (Phi) is 5.00. The molecule has 7 nitrogen and oxygen atoms in total. The Morgan fingerprint density at radius 1 is 1.18 bits per heavy atom. The summed E-state index contributed by atoms with van der Waals surface area (Å²) in [5.41, 5.74) is 1.83. The summed E-state index contributed by atoms with van der Waals surface area (Å²) in [5.74, 6) is -0.255. The molecule has 0 bridgehead atoms. The van der Waals surface area contributed by atoms with Gasteiger partial charge in [0.1, 0.15) is 11.8 Å². The third kappa shape index (κ3) is 3.99. The van der Waals surface area contributed by atoms with Crippen LogP contribution in [-0.4, -0.2) is 36.1 Å². The van der Waals surface area contributed by atoms with Crippen LogP contribution in [0.5, 0.6) is 0 Å². The molecule has 1 N–H and O–H groups in total. The molecule has 1 saturated heterocycles. The van der Waals surface area contributed by atoms with Crippen LogP contribution in [0.1, 0.15) is 41.8 Å². The molecule has 2 unspecified atom stereocenters. The first-order chi connectivity index (χ1) is 13.5. The Hall–Kier alpha value is -2.93. The molecule has 1 aliphatic carbocycles. The topological polar surface area (TPSA) is 84.7 Å². The predicted molar refractivity (Wildman–Crippen MR) is 106 cm³/mol. The van der Waals surface area contributed by atoms with Crippen molar-refractivity contribution in [2.45, 2.75) is 38.0 Å². The van der Waals surface area contributed by atoms with Gasteiger partial charge in [-0.15, -0.1) is 0 Å². The van der Waals surface area contributed by atoms with Gasteiger partial charge < -0.3 is 15.0 Å². The van der Waals surface area contributed by atoms with Crippen LogP contribution < -0.4 is 10.2 Å². The van der Waals surface area contributed by atoms with E-state index in [4.69, 9.17) is 4.74 Å². The summed E-state index contributed by atoms with van der Waals surface area (Å²) in [7, 11) is 0. The lowest BCUT2D eigenvalue weighted by Gasteiger charge is -2.38. The summed E-state index contributed by atoms with van der Waals surface area (Å²) in [6, 6.07) is 14.8. The molecule has 7 heteroatoms. The molecule has 2 aliphatic rings. The number of rotatable bonds is 5. The van der Waals surface area contributed by atoms with Crippen LogP contribution in [-0.2, 0) is 4.74 Å². The highest BCUT2D eigenvalue weighted by atomic mass is 16.6. The minimum absolute atomic E-state index is 0.0515. The van der Waals surface area contributed by atoms with E-state index in [0.717, 1.165) is 18.4 Å². The number of nitrogens with one attached hydrogen (secondary N) is 1. The van der Waals surface area contributed by atoms with Gasteiger partial charge in [0.25, 0.3) is 11.6 Å². The highest BCUT2D eigenvalue weighted by Crippen LogP contribution is 2.35. The first kappa shape index (κ1) is 18.4. The Morgan fingerprint density at radius 3 is 2.61 bits per heavy atom. The number of benzene rings is 2. The van der Waals surface area contributed by atoms with Gasteiger partial charge in [0.2, 0.25) is 0 Å². The van der Waals surface area contributed by atoms with Crippen LogP contribution in [0.3, 0.4) is 0 Å². The van der Waals surface area contributed by atoms with Crippen molar-refractivity contribution in [3.8, 4) is 0 Å². The number of carbonyl (C=O) groups excluding carboxylic acids is 1. The molecule has 1 aliphatic heterocycles. The fraction of sp³-hybridized carbons (Fsp3) is 0.381. The van der Waals surface area contributed by atoms with E-state index < -0.39 is 4.92 Å². The van der Waals surface area contributed by atoms with E-state index in [-0.39, 0.29) is 29.8 Å². The van der Waals surface area contributed by atoms with Crippen LogP contribution in [0.4, 0.5) is 11.4 Å². The summed E-state index contributed by atoms with van der Waals surface area (Å²) in [6.07, 6.45) is 1.70. The van der Waals surface area contributed by atoms with Crippen molar-refractivity contribution in [3.05, 3.63) is 69.8 Å². The molecule has 1 heterocycles. The zero-order chi connectivity index (χ0) is 19.7. The van der Waals surface area contributed by atoms with E-state index in [1.165, 1.54) is 6.07 Å². The largest absolute Gasteiger partial charge is 0.367 e. The van der Waals surface area contributed by atoms with E-state index in [9.17, 15) is 14.9 Å². The lowest BCUT2D eigenvalue weighted by atomic mass is 10.0. The number of amides is 1. The number of nitro groups is 1. The zero-order valence-corrected chi connectivity index (χ0v) is 15.7. The maximum absolute atomic E-state index is 12.3. The van der Waals surface area contributed by atoms with Gasteiger partial charge in [0.05, 0.1) is 11.0 Å². The number of nitro benzene ring substituents is 1. The molecule has 2 atom stereocenters. The molecule has 1 saturated carbocycles. The van der Waals surface area contributed by atoms with Gasteiger partial charge in [-0.1, -0.05) is 30.3 Å². The van der Waals surface area contributed by atoms with Crippen LogP contribution >= 0.6 is 0 Å². The first-order valence-corrected chi connectivity index (χ1v) is 9.56. The van der Waals surface area contributed by atoms with Crippen molar-refractivity contribution in [1.82, 2.24) is 5.32 Å². The molecule has 1 amide bonds. The average Bonchev–Trinajstić information content (AvgIpc) is 3.51. The summed E-state index contributed by atoms with van der Waals surface area (Å²) in [5, 5.41) is 14.6. The fourth-order valence-electron chi connectivity index (χ4n) is 3.57. The Labute approximate surface area is 163 Å². The second-order valence-corrected chi connectivity index (χ2v) is 7.46. The molecule has 2 aromatic carbocycles. The Bertz CT molecular complexity index is 882. The summed E-state index contributed by atoms with van der Waals surface area (Å²) < 4.78 is 6.06. The normalized spacial score (nSPS) is 22.0. The standard InChI is InChI=1S/C21H23N3O4/c1-14-12-23(13-20(28-14)15-5-3-2-4-6-15)18-10-7-16(11-19(18)24(26)27)21(25)22-17-8-9-17/h2-7,10-11,14,17,20H,8-9,12-13H2,1H3,(H,22,25). The molecular formula is C21H23N3O4. The minimum Gasteiger partial charge on any atom is -0.367 e. The van der Waals surface area contributed by atoms with Gasteiger partial charge in [-0.25, -0.2) is 0 Å². The highest BCUT2D eigenvalue weighted by Gasteiger charge is 2.31. The van der Waals surface area contributed by atoms with Crippen molar-refractivity contribution < 1.29 is 14.5 Å². The number of morpholine rings is 1. The number of anilines is 1. The van der Waals surface area contributed by atoms with Gasteiger partial charge in [0.15, 0.2) is 0 Å². The lowest BCUT2D eigenvalue weighted by molar-refractivity contribution is -0.384. The van der Waals surface area contributed by atoms with Gasteiger partial charge in [-0.05, 0) is 37.5 Å². The molecule has 0 radical (unpaired) electrons. The monoisotopic (exact) mass is 381 g/mol. The first-order valence-electron chi connectivity index (χ1n) is 9.56. The van der Waals surface area contributed by atoms with Crippen molar-refractivity contribution >= 4 is 17.3 Å². The maximum Gasteiger partial charge on any atom is 0.293 e. The minimum atomic E-state index is -0.416. The third-order valence-corrected chi connectivity index (χ3v) is 5.12. The quantitative estimate of drug-likeness (QED) is 0.633. The van der Waals surface area contributed by atoms with Crippen molar-refractivity contribution in [2.75, 3.05) is 18.0 Å². The van der Waals surface area contributed by atoms with E-state index in [2.05, 4.69) is 5.32 Å². The molecule has 146 valence electrons. The van der Waals surface area contributed by atoms with Crippen LogP contribution in [0.2, 0.25) is 0 Å². The third-order valence-electron chi connectivity index (χ3n) is 5.12. The number of carbonyl (C=O) groups is 1. The molecular weight excluding hydrogens is 358 g/mol. The lowest BCUT2D eigenvalue weighted by Crippen LogP contribution is -2.43. The van der Waals surface area contributed by atoms with Crippen molar-refractivity contribution in [1.29, 1.82) is 0 Å². The van der Waals surface area contributed by atoms with Gasteiger partial charge >= 0.3 is 0 Å². The van der Waals surface area contributed by atoms with Gasteiger partial charge in [-0.2, -0.15) is 0 Å². The zero-order valence-electron chi connectivity index (χ0n) is 15.7. The molecule has 28 heavy (non-hydrogen) atoms. The average molecular weight is 381 g/mol. The Balaban J connectivity index is 1.61. The molecule has 4 rings (SSSR count). The SMILES string of the molecule is CC1CN(c2ccc(C(=O)NC3CC3)cc2[N+](=O)[O-])CC(c2ccccc2)O1. The second-order valence-electron chi connectivity index (χ2n) is 7.46. The van der Waals surface area contributed by atoms with Gasteiger partial charge in [-0.3, -0.25) is 14.9 Å². The summed E-state index contributed by atoms with van der Waals surface area (Å²) in [6.45, 7) is 3.03. The predicted octanol–water partition coefficient (Wildman–Crippen LogP) is 3.45. The highest BCUT2D eigenvalue weighted by molar-refractivity contribution is 5.96. The molecule has 0 spiro atoms. The number of hydrogen-bond donors (Lipinski definition) is 1. The van der Waals surface area contributed by atoms with Crippen LogP contribution in [0.15, 0.2) is 48.5 Å². The number of ether oxygens (including phenoxy) is 1. The van der Waals surface area contributed by atoms with Gasteiger partial charge in [0, 0.05) is 30.8 Å². The second kappa shape index (κ2) is 7.59. The van der Waals surface area contributed by atoms with Crippen molar-refractivity contribution in [3.63, 3.8) is 0 Å². The molecule has 2 fully saturated rings. The summed E-state index contributed by atoms with van der Waals surface area (Å²) in [4.78, 5) is 25.6. The Morgan fingerprint density at radius 2 is 1.93 bits per heavy atom. The molecule has 0 aromatic heterocycles. The van der Waals surface area contributed by atoms with Crippen LogP contribution in [0.25, 0.3) is 0 Å². The molecule has 2 aromatic rings. The van der Waals surface area contributed by atoms with Crippen LogP contribution in [0, 0.1) is 10.1 Å². The number of nitrogens with zero attached hydrogens (tertiary/aromatic N) is 2. The fourth-order valence-corrected chi connectivity index (χ4v) is 3.57. The smallest absolute Gasteiger partial charge is 0.293 e. The maximum atomic E-state index is 12.3. The van der Waals surface area contributed by atoms with Crippen molar-refractivity contribution in [2.24, 2.45) is 0 Å². The van der Waals surface area contributed by atoms with E-state index in [1.54, 1.807) is 12.1 Å².